The highest BCUT2D eigenvalue weighted by atomic mass is 35.5. The number of nitrogens with one attached hydrogen (secondary N) is 1. The number of halogens is 2. The maximum absolute atomic E-state index is 5.99. The lowest BCUT2D eigenvalue weighted by atomic mass is 10.3. The average Bonchev–Trinajstić information content (AvgIpc) is 2.42. The Labute approximate surface area is 121 Å². The monoisotopic (exact) mass is 297 g/mol. The van der Waals surface area contributed by atoms with Crippen LogP contribution in [-0.4, -0.2) is 23.1 Å². The van der Waals surface area contributed by atoms with Gasteiger partial charge >= 0.3 is 0 Å². The Morgan fingerprint density at radius 3 is 2.68 bits per heavy atom. The molecule has 0 aliphatic rings. The van der Waals surface area contributed by atoms with Gasteiger partial charge in [0.2, 0.25) is 5.95 Å². The first-order valence-electron chi connectivity index (χ1n) is 5.84. The van der Waals surface area contributed by atoms with E-state index >= 15 is 0 Å². The van der Waals surface area contributed by atoms with Crippen LogP contribution in [0.25, 0.3) is 0 Å². The topological polar surface area (TPSA) is 47.0 Å². The maximum Gasteiger partial charge on any atom is 0.222 e. The Morgan fingerprint density at radius 2 is 1.95 bits per heavy atom. The summed E-state index contributed by atoms with van der Waals surface area (Å²) in [6.45, 7) is 1.29. The third-order valence-electron chi connectivity index (χ3n) is 2.32. The van der Waals surface area contributed by atoms with Crippen LogP contribution in [-0.2, 0) is 0 Å². The van der Waals surface area contributed by atoms with Gasteiger partial charge in [-0.05, 0) is 30.7 Å². The zero-order valence-electron chi connectivity index (χ0n) is 10.1. The molecule has 4 nitrogen and oxygen atoms in total. The Kier molecular flexibility index (Phi) is 5.24. The van der Waals surface area contributed by atoms with Gasteiger partial charge in [0.15, 0.2) is 0 Å². The molecule has 1 aromatic carbocycles. The van der Waals surface area contributed by atoms with Crippen LogP contribution in [0.5, 0.6) is 5.75 Å². The summed E-state index contributed by atoms with van der Waals surface area (Å²) in [6, 6.07) is 6.95. The minimum atomic E-state index is 0.520. The molecule has 0 bridgehead atoms. The van der Waals surface area contributed by atoms with Gasteiger partial charge in [-0.25, -0.2) is 9.97 Å². The number of aromatic nitrogens is 2. The number of benzene rings is 1. The van der Waals surface area contributed by atoms with Crippen molar-refractivity contribution in [1.82, 2.24) is 9.97 Å². The van der Waals surface area contributed by atoms with Crippen molar-refractivity contribution in [3.05, 3.63) is 46.7 Å². The molecule has 0 saturated carbocycles. The molecule has 19 heavy (non-hydrogen) atoms. The first-order chi connectivity index (χ1) is 9.25. The van der Waals surface area contributed by atoms with Crippen LogP contribution in [0.3, 0.4) is 0 Å². The molecule has 0 unspecified atom stereocenters. The van der Waals surface area contributed by atoms with Gasteiger partial charge in [-0.1, -0.05) is 23.2 Å². The van der Waals surface area contributed by atoms with Gasteiger partial charge < -0.3 is 10.1 Å². The van der Waals surface area contributed by atoms with Crippen LogP contribution < -0.4 is 10.1 Å². The molecular formula is C13H13Cl2N3O. The van der Waals surface area contributed by atoms with Crippen LogP contribution in [0.2, 0.25) is 10.0 Å². The third-order valence-corrected chi connectivity index (χ3v) is 2.85. The van der Waals surface area contributed by atoms with E-state index in [4.69, 9.17) is 27.9 Å². The SMILES string of the molecule is Clc1ccc(OCCCNc2ncccn2)c(Cl)c1. The van der Waals surface area contributed by atoms with Gasteiger partial charge in [0.05, 0.1) is 11.6 Å². The lowest BCUT2D eigenvalue weighted by molar-refractivity contribution is 0.315. The molecule has 1 N–H and O–H groups in total. The van der Waals surface area contributed by atoms with Gasteiger partial charge in [0.25, 0.3) is 0 Å². The zero-order valence-corrected chi connectivity index (χ0v) is 11.7. The Balaban J connectivity index is 1.69. The fourth-order valence-electron chi connectivity index (χ4n) is 1.44. The molecule has 0 spiro atoms. The maximum atomic E-state index is 5.99. The molecule has 1 aromatic heterocycles. The number of anilines is 1. The van der Waals surface area contributed by atoms with Crippen molar-refractivity contribution in [2.24, 2.45) is 0 Å². The largest absolute Gasteiger partial charge is 0.492 e. The lowest BCUT2D eigenvalue weighted by Crippen LogP contribution is -2.09. The van der Waals surface area contributed by atoms with Crippen molar-refractivity contribution < 1.29 is 4.74 Å². The van der Waals surface area contributed by atoms with Crippen molar-refractivity contribution >= 4 is 29.2 Å². The molecule has 0 amide bonds. The van der Waals surface area contributed by atoms with E-state index in [0.717, 1.165) is 13.0 Å². The second-order valence-electron chi connectivity index (χ2n) is 3.78. The second kappa shape index (κ2) is 7.16. The van der Waals surface area contributed by atoms with Gasteiger partial charge in [-0.2, -0.15) is 0 Å². The molecular weight excluding hydrogens is 285 g/mol. The molecule has 100 valence electrons. The van der Waals surface area contributed by atoms with Gasteiger partial charge in [0.1, 0.15) is 5.75 Å². The molecule has 0 aliphatic heterocycles. The standard InChI is InChI=1S/C13H13Cl2N3O/c14-10-3-4-12(11(15)9-10)19-8-2-7-18-13-16-5-1-6-17-13/h1,3-6,9H,2,7-8H2,(H,16,17,18). The predicted molar refractivity (Wildman–Crippen MR) is 77.1 cm³/mol. The van der Waals surface area contributed by atoms with Crippen molar-refractivity contribution in [1.29, 1.82) is 0 Å². The molecule has 0 radical (unpaired) electrons. The average molecular weight is 298 g/mol. The van der Waals surface area contributed by atoms with E-state index in [1.54, 1.807) is 36.7 Å². The summed E-state index contributed by atoms with van der Waals surface area (Å²) < 4.78 is 5.56. The molecule has 0 fully saturated rings. The van der Waals surface area contributed by atoms with Crippen LogP contribution in [0, 0.1) is 0 Å². The smallest absolute Gasteiger partial charge is 0.222 e. The Morgan fingerprint density at radius 1 is 1.16 bits per heavy atom. The second-order valence-corrected chi connectivity index (χ2v) is 4.62. The molecule has 0 saturated heterocycles. The molecule has 0 atom stereocenters. The molecule has 2 aromatic rings. The summed E-state index contributed by atoms with van der Waals surface area (Å²) in [5.74, 6) is 1.26. The van der Waals surface area contributed by atoms with Crippen molar-refractivity contribution in [2.45, 2.75) is 6.42 Å². The highest BCUT2D eigenvalue weighted by molar-refractivity contribution is 6.35. The Bertz CT molecular complexity index is 523. The summed E-state index contributed by atoms with van der Waals surface area (Å²) >= 11 is 11.8. The first-order valence-corrected chi connectivity index (χ1v) is 6.60. The molecule has 0 aliphatic carbocycles. The van der Waals surface area contributed by atoms with E-state index in [-0.39, 0.29) is 0 Å². The summed E-state index contributed by atoms with van der Waals surface area (Å²) in [5.41, 5.74) is 0. The van der Waals surface area contributed by atoms with E-state index in [0.29, 0.717) is 28.3 Å². The molecule has 1 heterocycles. The first kappa shape index (κ1) is 13.9. The van der Waals surface area contributed by atoms with Crippen LogP contribution in [0.4, 0.5) is 5.95 Å². The highest BCUT2D eigenvalue weighted by Gasteiger charge is 2.02. The molecule has 2 rings (SSSR count). The third kappa shape index (κ3) is 4.58. The van der Waals surface area contributed by atoms with Gasteiger partial charge in [-0.15, -0.1) is 0 Å². The number of hydrogen-bond donors (Lipinski definition) is 1. The number of hydrogen-bond acceptors (Lipinski definition) is 4. The Hall–Kier alpha value is -1.52. The lowest BCUT2D eigenvalue weighted by Gasteiger charge is -2.08. The summed E-state index contributed by atoms with van der Waals surface area (Å²) in [5, 5.41) is 4.22. The van der Waals surface area contributed by atoms with E-state index in [1.807, 2.05) is 0 Å². The van der Waals surface area contributed by atoms with E-state index in [1.165, 1.54) is 0 Å². The quantitative estimate of drug-likeness (QED) is 0.827. The summed E-state index contributed by atoms with van der Waals surface area (Å²) in [4.78, 5) is 8.12. The number of ether oxygens (including phenoxy) is 1. The normalized spacial score (nSPS) is 10.2. The number of rotatable bonds is 6. The highest BCUT2D eigenvalue weighted by Crippen LogP contribution is 2.27. The summed E-state index contributed by atoms with van der Waals surface area (Å²) in [7, 11) is 0. The van der Waals surface area contributed by atoms with Crippen LogP contribution in [0.1, 0.15) is 6.42 Å². The minimum Gasteiger partial charge on any atom is -0.492 e. The van der Waals surface area contributed by atoms with Crippen molar-refractivity contribution in [3.63, 3.8) is 0 Å². The minimum absolute atomic E-state index is 0.520. The fraction of sp³-hybridized carbons (Fsp3) is 0.231. The predicted octanol–water partition coefficient (Wildman–Crippen LogP) is 3.66. The van der Waals surface area contributed by atoms with Gasteiger partial charge in [0, 0.05) is 24.0 Å². The van der Waals surface area contributed by atoms with Crippen molar-refractivity contribution in [2.75, 3.05) is 18.5 Å². The van der Waals surface area contributed by atoms with Crippen LogP contribution in [0.15, 0.2) is 36.7 Å². The summed E-state index contributed by atoms with van der Waals surface area (Å²) in [6.07, 6.45) is 4.20. The van der Waals surface area contributed by atoms with Crippen LogP contribution >= 0.6 is 23.2 Å². The number of nitrogens with zero attached hydrogens (tertiary/aromatic N) is 2. The van der Waals surface area contributed by atoms with Gasteiger partial charge in [-0.3, -0.25) is 0 Å². The fourth-order valence-corrected chi connectivity index (χ4v) is 1.90. The zero-order chi connectivity index (χ0) is 13.5. The van der Waals surface area contributed by atoms with E-state index in [9.17, 15) is 0 Å². The van der Waals surface area contributed by atoms with Crippen molar-refractivity contribution in [3.8, 4) is 5.75 Å². The van der Waals surface area contributed by atoms with E-state index < -0.39 is 0 Å². The van der Waals surface area contributed by atoms with E-state index in [2.05, 4.69) is 15.3 Å². The molecule has 6 heteroatoms.